The second-order valence-electron chi connectivity index (χ2n) is 6.53. The fraction of sp³-hybridized carbons (Fsp3) is 1.00. The summed E-state index contributed by atoms with van der Waals surface area (Å²) in [5, 5.41) is 3.73. The second kappa shape index (κ2) is 9.39. The van der Waals surface area contributed by atoms with E-state index >= 15 is 0 Å². The summed E-state index contributed by atoms with van der Waals surface area (Å²) in [6.07, 6.45) is 7.19. The highest BCUT2D eigenvalue weighted by atomic mass is 32.2. The summed E-state index contributed by atoms with van der Waals surface area (Å²) < 4.78 is 12.1. The van der Waals surface area contributed by atoms with Crippen LogP contribution in [0.1, 0.15) is 52.4 Å². The third-order valence-corrected chi connectivity index (χ3v) is 5.79. The maximum atomic E-state index is 6.23. The molecule has 0 bridgehead atoms. The van der Waals surface area contributed by atoms with Crippen molar-refractivity contribution in [3.8, 4) is 0 Å². The molecule has 124 valence electrons. The van der Waals surface area contributed by atoms with Gasteiger partial charge in [-0.25, -0.2) is 0 Å². The predicted octanol–water partition coefficient (Wildman–Crippen LogP) is 3.47. The van der Waals surface area contributed by atoms with E-state index in [9.17, 15) is 0 Å². The highest BCUT2D eigenvalue weighted by Gasteiger charge is 2.40. The molecule has 2 fully saturated rings. The molecule has 0 aromatic heterocycles. The molecule has 0 saturated carbocycles. The molecule has 1 spiro atoms. The molecule has 2 heterocycles. The Kier molecular flexibility index (Phi) is 7.86. The molecule has 0 aromatic rings. The number of hydrogen-bond acceptors (Lipinski definition) is 4. The Balaban J connectivity index is 1.90. The fourth-order valence-corrected chi connectivity index (χ4v) is 4.78. The van der Waals surface area contributed by atoms with Gasteiger partial charge in [-0.15, -0.1) is 0 Å². The summed E-state index contributed by atoms with van der Waals surface area (Å²) in [5.41, 5.74) is 0.186. The van der Waals surface area contributed by atoms with Crippen LogP contribution in [0.5, 0.6) is 0 Å². The van der Waals surface area contributed by atoms with Crippen LogP contribution in [0.15, 0.2) is 0 Å². The van der Waals surface area contributed by atoms with Crippen molar-refractivity contribution >= 4 is 11.8 Å². The van der Waals surface area contributed by atoms with Crippen LogP contribution < -0.4 is 5.32 Å². The molecule has 0 aliphatic carbocycles. The Hall–Kier alpha value is 0.230. The molecule has 21 heavy (non-hydrogen) atoms. The van der Waals surface area contributed by atoms with E-state index < -0.39 is 0 Å². The van der Waals surface area contributed by atoms with Crippen molar-refractivity contribution in [2.45, 2.75) is 64.0 Å². The van der Waals surface area contributed by atoms with Crippen molar-refractivity contribution < 1.29 is 9.47 Å². The van der Waals surface area contributed by atoms with Crippen molar-refractivity contribution in [1.29, 1.82) is 0 Å². The van der Waals surface area contributed by atoms with Gasteiger partial charge in [0.05, 0.1) is 12.2 Å². The first-order chi connectivity index (χ1) is 10.3. The van der Waals surface area contributed by atoms with Crippen LogP contribution in [0.2, 0.25) is 0 Å². The van der Waals surface area contributed by atoms with E-state index in [1.165, 1.54) is 43.6 Å². The minimum atomic E-state index is 0.186. The van der Waals surface area contributed by atoms with E-state index in [4.69, 9.17) is 9.47 Å². The molecule has 0 aromatic carbocycles. The Morgan fingerprint density at radius 1 is 1.29 bits per heavy atom. The van der Waals surface area contributed by atoms with Crippen LogP contribution in [0.4, 0.5) is 0 Å². The zero-order chi connectivity index (χ0) is 15.0. The lowest BCUT2D eigenvalue weighted by Gasteiger charge is -2.45. The van der Waals surface area contributed by atoms with Crippen LogP contribution >= 0.6 is 11.8 Å². The van der Waals surface area contributed by atoms with Gasteiger partial charge in [0.15, 0.2) is 0 Å². The lowest BCUT2D eigenvalue weighted by molar-refractivity contribution is -0.110. The standard InChI is InChI=1S/C17H33NO2S/c1-3-8-18-16(14-19-9-4-2)15-5-10-20-17(13-15)6-11-21-12-7-17/h15-16,18H,3-14H2,1-2H3. The largest absolute Gasteiger partial charge is 0.380 e. The number of hydrogen-bond donors (Lipinski definition) is 1. The van der Waals surface area contributed by atoms with Crippen molar-refractivity contribution in [3.05, 3.63) is 0 Å². The van der Waals surface area contributed by atoms with Crippen LogP contribution in [-0.4, -0.2) is 49.5 Å². The summed E-state index contributed by atoms with van der Waals surface area (Å²) in [7, 11) is 0. The monoisotopic (exact) mass is 315 g/mol. The van der Waals surface area contributed by atoms with Gasteiger partial charge in [-0.2, -0.15) is 11.8 Å². The Morgan fingerprint density at radius 3 is 2.81 bits per heavy atom. The van der Waals surface area contributed by atoms with Crippen LogP contribution in [0.25, 0.3) is 0 Å². The molecule has 2 unspecified atom stereocenters. The zero-order valence-electron chi connectivity index (χ0n) is 13.9. The summed E-state index contributed by atoms with van der Waals surface area (Å²) in [4.78, 5) is 0. The third-order valence-electron chi connectivity index (χ3n) is 4.81. The zero-order valence-corrected chi connectivity index (χ0v) is 14.7. The molecule has 2 atom stereocenters. The van der Waals surface area contributed by atoms with Crippen molar-refractivity contribution in [2.24, 2.45) is 5.92 Å². The Labute approximate surface area is 134 Å². The minimum absolute atomic E-state index is 0.186. The third kappa shape index (κ3) is 5.42. The summed E-state index contributed by atoms with van der Waals surface area (Å²) >= 11 is 2.08. The van der Waals surface area contributed by atoms with E-state index in [1.54, 1.807) is 0 Å². The van der Waals surface area contributed by atoms with E-state index in [-0.39, 0.29) is 5.60 Å². The highest BCUT2D eigenvalue weighted by Crippen LogP contribution is 2.40. The molecule has 2 aliphatic heterocycles. The summed E-state index contributed by atoms with van der Waals surface area (Å²) in [6.45, 7) is 8.20. The predicted molar refractivity (Wildman–Crippen MR) is 91.2 cm³/mol. The van der Waals surface area contributed by atoms with Gasteiger partial charge in [0.25, 0.3) is 0 Å². The van der Waals surface area contributed by atoms with Crippen LogP contribution in [0.3, 0.4) is 0 Å². The average Bonchev–Trinajstić information content (AvgIpc) is 2.51. The fourth-order valence-electron chi connectivity index (χ4n) is 3.55. The molecular weight excluding hydrogens is 282 g/mol. The minimum Gasteiger partial charge on any atom is -0.380 e. The van der Waals surface area contributed by atoms with Gasteiger partial charge in [-0.05, 0) is 62.5 Å². The first-order valence-corrected chi connectivity index (χ1v) is 9.98. The van der Waals surface area contributed by atoms with Crippen molar-refractivity contribution in [1.82, 2.24) is 5.32 Å². The normalized spacial score (nSPS) is 26.9. The van der Waals surface area contributed by atoms with E-state index in [1.807, 2.05) is 0 Å². The van der Waals surface area contributed by atoms with Crippen molar-refractivity contribution in [2.75, 3.05) is 37.9 Å². The summed E-state index contributed by atoms with van der Waals surface area (Å²) in [6, 6.07) is 0.506. The van der Waals surface area contributed by atoms with Gasteiger partial charge in [0.1, 0.15) is 0 Å². The average molecular weight is 316 g/mol. The van der Waals surface area contributed by atoms with E-state index in [0.29, 0.717) is 12.0 Å². The van der Waals surface area contributed by atoms with Gasteiger partial charge in [0.2, 0.25) is 0 Å². The maximum Gasteiger partial charge on any atom is 0.0701 e. The quantitative estimate of drug-likeness (QED) is 0.695. The molecular formula is C17H33NO2S. The smallest absolute Gasteiger partial charge is 0.0701 e. The summed E-state index contributed by atoms with van der Waals surface area (Å²) in [5.74, 6) is 3.25. The molecule has 0 amide bonds. The highest BCUT2D eigenvalue weighted by molar-refractivity contribution is 7.99. The van der Waals surface area contributed by atoms with E-state index in [2.05, 4.69) is 30.9 Å². The Morgan fingerprint density at radius 2 is 2.10 bits per heavy atom. The molecule has 2 aliphatic rings. The second-order valence-corrected chi connectivity index (χ2v) is 7.76. The van der Waals surface area contributed by atoms with Crippen LogP contribution in [-0.2, 0) is 9.47 Å². The first kappa shape index (κ1) is 17.6. The molecule has 0 radical (unpaired) electrons. The molecule has 4 heteroatoms. The number of ether oxygens (including phenoxy) is 2. The SMILES string of the molecule is CCCNC(COCCC)C1CCOC2(CCSCC2)C1. The number of rotatable bonds is 8. The Bertz CT molecular complexity index is 276. The van der Waals surface area contributed by atoms with Gasteiger partial charge >= 0.3 is 0 Å². The molecule has 1 N–H and O–H groups in total. The lowest BCUT2D eigenvalue weighted by Crippen LogP contribution is -2.50. The molecule has 2 rings (SSSR count). The van der Waals surface area contributed by atoms with Gasteiger partial charge < -0.3 is 14.8 Å². The lowest BCUT2D eigenvalue weighted by atomic mass is 9.78. The number of nitrogens with one attached hydrogen (secondary N) is 1. The topological polar surface area (TPSA) is 30.5 Å². The molecule has 3 nitrogen and oxygen atoms in total. The molecule has 2 saturated heterocycles. The maximum absolute atomic E-state index is 6.23. The van der Waals surface area contributed by atoms with Gasteiger partial charge in [-0.1, -0.05) is 13.8 Å². The van der Waals surface area contributed by atoms with Gasteiger partial charge in [0, 0.05) is 19.3 Å². The van der Waals surface area contributed by atoms with Gasteiger partial charge in [-0.3, -0.25) is 0 Å². The van der Waals surface area contributed by atoms with E-state index in [0.717, 1.165) is 32.8 Å². The van der Waals surface area contributed by atoms with Crippen molar-refractivity contribution in [3.63, 3.8) is 0 Å². The number of thioether (sulfide) groups is 1. The first-order valence-electron chi connectivity index (χ1n) is 8.82. The van der Waals surface area contributed by atoms with Crippen LogP contribution in [0, 0.1) is 5.92 Å².